The molecule has 0 amide bonds. The van der Waals surface area contributed by atoms with Crippen LogP contribution in [0.25, 0.3) is 16.7 Å². The fourth-order valence-electron chi connectivity index (χ4n) is 5.14. The minimum atomic E-state index is -0.624. The van der Waals surface area contributed by atoms with Crippen LogP contribution in [0.2, 0.25) is 5.15 Å². The van der Waals surface area contributed by atoms with Crippen LogP contribution >= 0.6 is 11.6 Å². The minimum absolute atomic E-state index is 0.0663. The molecule has 0 bridgehead atoms. The molecule has 5 heterocycles. The predicted molar refractivity (Wildman–Crippen MR) is 135 cm³/mol. The second-order valence-electron chi connectivity index (χ2n) is 9.31. The first-order valence-corrected chi connectivity index (χ1v) is 12.3. The van der Waals surface area contributed by atoms with Gasteiger partial charge in [0.1, 0.15) is 12.1 Å². The van der Waals surface area contributed by atoms with Crippen LogP contribution in [0, 0.1) is 17.1 Å². The highest BCUT2D eigenvalue weighted by molar-refractivity contribution is 6.29. The van der Waals surface area contributed by atoms with Gasteiger partial charge in [0.15, 0.2) is 10.8 Å². The van der Waals surface area contributed by atoms with Gasteiger partial charge in [-0.3, -0.25) is 14.4 Å². The molecule has 0 radical (unpaired) electrons. The number of rotatable bonds is 5. The van der Waals surface area contributed by atoms with E-state index in [0.29, 0.717) is 24.1 Å². The van der Waals surface area contributed by atoms with Gasteiger partial charge in [-0.25, -0.2) is 9.50 Å². The van der Waals surface area contributed by atoms with Crippen molar-refractivity contribution in [1.29, 1.82) is 5.26 Å². The molecule has 4 aromatic heterocycles. The van der Waals surface area contributed by atoms with E-state index in [1.54, 1.807) is 34.8 Å². The van der Waals surface area contributed by atoms with Gasteiger partial charge in [0, 0.05) is 50.5 Å². The molecule has 12 heteroatoms. The lowest BCUT2D eigenvalue weighted by Gasteiger charge is -2.48. The fraction of sp³-hybridized carbons (Fsp3) is 0.458. The molecule has 0 N–H and O–H groups in total. The summed E-state index contributed by atoms with van der Waals surface area (Å²) in [6.07, 6.45) is 4.30. The Balaban J connectivity index is 1.48. The molecule has 1 aliphatic rings. The van der Waals surface area contributed by atoms with Crippen molar-refractivity contribution in [3.8, 4) is 6.07 Å². The lowest BCUT2D eigenvalue weighted by Crippen LogP contribution is -2.58. The van der Waals surface area contributed by atoms with Crippen LogP contribution in [-0.4, -0.2) is 59.0 Å². The van der Waals surface area contributed by atoms with Gasteiger partial charge in [-0.1, -0.05) is 18.5 Å². The number of halogens is 2. The first-order chi connectivity index (χ1) is 17.2. The molecule has 1 fully saturated rings. The third kappa shape index (κ3) is 3.90. The van der Waals surface area contributed by atoms with E-state index in [1.165, 1.54) is 4.52 Å². The van der Waals surface area contributed by atoms with Crippen molar-refractivity contribution in [1.82, 2.24) is 33.8 Å². The van der Waals surface area contributed by atoms with Crippen molar-refractivity contribution >= 4 is 34.0 Å². The largest absolute Gasteiger partial charge is 0.364 e. The SMILES string of the molecule is CC[C@@H]1CN(c2cc(=O)n(C)c3cn(CC#N)nc23)[C@@H](C)CN1C(C)c1ccn2nc(Cl)c(F)c2n1. The molecule has 0 aliphatic carbocycles. The number of fused-ring (bicyclic) bond motifs is 2. The maximum Gasteiger partial charge on any atom is 0.252 e. The predicted octanol–water partition coefficient (Wildman–Crippen LogP) is 3.14. The van der Waals surface area contributed by atoms with E-state index in [0.717, 1.165) is 17.8 Å². The lowest BCUT2D eigenvalue weighted by molar-refractivity contribution is 0.104. The zero-order valence-corrected chi connectivity index (χ0v) is 21.3. The molecule has 5 rings (SSSR count). The van der Waals surface area contributed by atoms with Gasteiger partial charge in [0.25, 0.3) is 5.56 Å². The maximum absolute atomic E-state index is 14.4. The van der Waals surface area contributed by atoms with Crippen LogP contribution in [0.5, 0.6) is 0 Å². The van der Waals surface area contributed by atoms with E-state index in [4.69, 9.17) is 16.9 Å². The summed E-state index contributed by atoms with van der Waals surface area (Å²) in [4.78, 5) is 21.9. The van der Waals surface area contributed by atoms with E-state index in [9.17, 15) is 9.18 Å². The Bertz CT molecular complexity index is 1550. The van der Waals surface area contributed by atoms with Gasteiger partial charge < -0.3 is 9.47 Å². The zero-order chi connectivity index (χ0) is 25.7. The molecular formula is C24H27ClFN9O. The van der Waals surface area contributed by atoms with Gasteiger partial charge in [0.2, 0.25) is 5.82 Å². The van der Waals surface area contributed by atoms with Crippen LogP contribution in [-0.2, 0) is 13.6 Å². The van der Waals surface area contributed by atoms with Crippen molar-refractivity contribution in [2.45, 2.75) is 51.9 Å². The van der Waals surface area contributed by atoms with E-state index < -0.39 is 5.82 Å². The molecule has 36 heavy (non-hydrogen) atoms. The molecule has 1 aliphatic heterocycles. The number of aryl methyl sites for hydroxylation is 1. The molecule has 0 saturated carbocycles. The van der Waals surface area contributed by atoms with E-state index in [2.05, 4.69) is 51.8 Å². The first-order valence-electron chi connectivity index (χ1n) is 11.9. The van der Waals surface area contributed by atoms with Crippen LogP contribution < -0.4 is 10.5 Å². The molecule has 1 unspecified atom stereocenters. The number of hydrogen-bond donors (Lipinski definition) is 0. The molecule has 0 aromatic carbocycles. The minimum Gasteiger partial charge on any atom is -0.364 e. The van der Waals surface area contributed by atoms with E-state index in [-0.39, 0.29) is 41.0 Å². The summed E-state index contributed by atoms with van der Waals surface area (Å²) in [6.45, 7) is 7.83. The summed E-state index contributed by atoms with van der Waals surface area (Å²) < 4.78 is 18.8. The van der Waals surface area contributed by atoms with Crippen molar-refractivity contribution in [3.63, 3.8) is 0 Å². The third-order valence-corrected chi connectivity index (χ3v) is 7.41. The van der Waals surface area contributed by atoms with Gasteiger partial charge >= 0.3 is 0 Å². The van der Waals surface area contributed by atoms with Gasteiger partial charge in [0.05, 0.1) is 29.2 Å². The third-order valence-electron chi connectivity index (χ3n) is 7.17. The molecular weight excluding hydrogens is 485 g/mol. The van der Waals surface area contributed by atoms with Crippen LogP contribution in [0.1, 0.15) is 38.9 Å². The Labute approximate surface area is 212 Å². The maximum atomic E-state index is 14.4. The molecule has 3 atom stereocenters. The number of aromatic nitrogens is 6. The lowest BCUT2D eigenvalue weighted by atomic mass is 10.00. The van der Waals surface area contributed by atoms with Crippen molar-refractivity contribution < 1.29 is 4.39 Å². The van der Waals surface area contributed by atoms with E-state index in [1.807, 2.05) is 6.07 Å². The Kier molecular flexibility index (Phi) is 6.18. The molecule has 1 saturated heterocycles. The van der Waals surface area contributed by atoms with Crippen LogP contribution in [0.15, 0.2) is 29.3 Å². The summed E-state index contributed by atoms with van der Waals surface area (Å²) in [6, 6.07) is 5.74. The first kappa shape index (κ1) is 24.2. The number of piperazine rings is 1. The Morgan fingerprint density at radius 1 is 1.33 bits per heavy atom. The fourth-order valence-corrected chi connectivity index (χ4v) is 5.31. The standard InChI is InChI=1S/C24H27ClFN9O/c1-5-16-12-33(18-10-20(36)31(4)19-13-32(9-7-27)29-22(18)19)14(2)11-34(16)15(3)17-6-8-35-24(28-17)21(26)23(25)30-35/h6,8,10,13-16H,5,9,11-12H2,1-4H3/t14-,15?,16+/m0/s1. The Hall–Kier alpha value is -3.49. The topological polar surface area (TPSA) is 100 Å². The van der Waals surface area contributed by atoms with Crippen LogP contribution in [0.3, 0.4) is 0 Å². The van der Waals surface area contributed by atoms with Gasteiger partial charge in [-0.15, -0.1) is 0 Å². The van der Waals surface area contributed by atoms with Crippen molar-refractivity contribution in [2.24, 2.45) is 7.05 Å². The monoisotopic (exact) mass is 511 g/mol. The summed E-state index contributed by atoms with van der Waals surface area (Å²) in [5.41, 5.74) is 2.91. The molecule has 0 spiro atoms. The summed E-state index contributed by atoms with van der Waals surface area (Å²) in [7, 11) is 1.71. The number of pyridine rings is 1. The smallest absolute Gasteiger partial charge is 0.252 e. The summed E-state index contributed by atoms with van der Waals surface area (Å²) >= 11 is 5.84. The Morgan fingerprint density at radius 3 is 2.83 bits per heavy atom. The highest BCUT2D eigenvalue weighted by atomic mass is 35.5. The second kappa shape index (κ2) is 9.19. The van der Waals surface area contributed by atoms with Gasteiger partial charge in [-0.2, -0.15) is 19.8 Å². The van der Waals surface area contributed by atoms with Crippen molar-refractivity contribution in [2.75, 3.05) is 18.0 Å². The number of nitriles is 1. The zero-order valence-electron chi connectivity index (χ0n) is 20.6. The number of nitrogens with zero attached hydrogens (tertiary/aromatic N) is 9. The highest BCUT2D eigenvalue weighted by Crippen LogP contribution is 2.33. The average Bonchev–Trinajstić information content (AvgIpc) is 3.41. The average molecular weight is 512 g/mol. The number of hydrogen-bond acceptors (Lipinski definition) is 7. The molecule has 4 aromatic rings. The van der Waals surface area contributed by atoms with Crippen LogP contribution in [0.4, 0.5) is 10.1 Å². The Morgan fingerprint density at radius 2 is 2.11 bits per heavy atom. The summed E-state index contributed by atoms with van der Waals surface area (Å²) in [5.74, 6) is -0.624. The summed E-state index contributed by atoms with van der Waals surface area (Å²) in [5, 5.41) is 17.5. The van der Waals surface area contributed by atoms with Gasteiger partial charge in [-0.05, 0) is 26.3 Å². The quantitative estimate of drug-likeness (QED) is 0.405. The molecule has 10 nitrogen and oxygen atoms in total. The number of anilines is 1. The second-order valence-corrected chi connectivity index (χ2v) is 9.67. The molecule has 188 valence electrons. The highest BCUT2D eigenvalue weighted by Gasteiger charge is 2.35. The normalized spacial score (nSPS) is 19.8. The van der Waals surface area contributed by atoms with E-state index >= 15 is 0 Å². The van der Waals surface area contributed by atoms with Crippen molar-refractivity contribution in [3.05, 3.63) is 51.5 Å².